The molecule has 0 aromatic heterocycles. The van der Waals surface area contributed by atoms with Crippen LogP contribution >= 0.6 is 11.6 Å². The Bertz CT molecular complexity index is 887. The lowest BCUT2D eigenvalue weighted by Crippen LogP contribution is -2.38. The Kier molecular flexibility index (Phi) is 4.94. The molecule has 1 amide bonds. The van der Waals surface area contributed by atoms with Crippen molar-refractivity contribution in [2.75, 3.05) is 29.9 Å². The smallest absolute Gasteiger partial charge is 0.262 e. The summed E-state index contributed by atoms with van der Waals surface area (Å²) in [7, 11) is 0. The predicted octanol–water partition coefficient (Wildman–Crippen LogP) is 4.93. The second kappa shape index (κ2) is 7.37. The molecular weight excluding hydrogens is 358 g/mol. The van der Waals surface area contributed by atoms with Crippen LogP contribution in [0.2, 0.25) is 5.02 Å². The number of piperidine rings is 1. The average molecular weight is 382 g/mol. The number of para-hydroxylation sites is 1. The fourth-order valence-corrected chi connectivity index (χ4v) is 4.14. The molecule has 0 atom stereocenters. The first-order valence-electron chi connectivity index (χ1n) is 9.49. The number of hydrogen-bond donors (Lipinski definition) is 1. The van der Waals surface area contributed by atoms with Crippen molar-refractivity contribution in [3.05, 3.63) is 59.6 Å². The van der Waals surface area contributed by atoms with Gasteiger partial charge in [-0.3, -0.25) is 9.69 Å². The summed E-state index contributed by atoms with van der Waals surface area (Å²) in [6.07, 6.45) is 2.27. The van der Waals surface area contributed by atoms with Crippen molar-refractivity contribution in [1.82, 2.24) is 4.90 Å². The normalized spacial score (nSPS) is 18.1. The highest BCUT2D eigenvalue weighted by Gasteiger charge is 2.33. The quantitative estimate of drug-likeness (QED) is 0.763. The summed E-state index contributed by atoms with van der Waals surface area (Å²) in [6, 6.07) is 13.9. The summed E-state index contributed by atoms with van der Waals surface area (Å²) in [5, 5.41) is 4.19. The first-order chi connectivity index (χ1) is 13.1. The molecule has 27 heavy (non-hydrogen) atoms. The summed E-state index contributed by atoms with van der Waals surface area (Å²) in [5.74, 6) is -0.119. The van der Waals surface area contributed by atoms with Crippen LogP contribution in [0.3, 0.4) is 0 Å². The molecule has 0 aliphatic carbocycles. The lowest BCUT2D eigenvalue weighted by atomic mass is 10.0. The topological polar surface area (TPSA) is 35.6 Å². The average Bonchev–Trinajstić information content (AvgIpc) is 2.93. The number of fused-ring (bicyclic) bond motifs is 1. The monoisotopic (exact) mass is 381 g/mol. The molecule has 5 heteroatoms. The lowest BCUT2D eigenvalue weighted by molar-refractivity contribution is -0.112. The van der Waals surface area contributed by atoms with Gasteiger partial charge in [0.25, 0.3) is 5.91 Å². The zero-order valence-electron chi connectivity index (χ0n) is 15.5. The fourth-order valence-electron chi connectivity index (χ4n) is 3.92. The van der Waals surface area contributed by atoms with Gasteiger partial charge in [-0.05, 0) is 49.7 Å². The Morgan fingerprint density at radius 3 is 2.59 bits per heavy atom. The van der Waals surface area contributed by atoms with E-state index in [9.17, 15) is 4.79 Å². The van der Waals surface area contributed by atoms with Gasteiger partial charge < -0.3 is 10.2 Å². The van der Waals surface area contributed by atoms with E-state index in [0.29, 0.717) is 22.3 Å². The van der Waals surface area contributed by atoms with Crippen LogP contribution < -0.4 is 10.2 Å². The van der Waals surface area contributed by atoms with Crippen LogP contribution in [0.5, 0.6) is 0 Å². The number of anilines is 3. The predicted molar refractivity (Wildman–Crippen MR) is 113 cm³/mol. The van der Waals surface area contributed by atoms with Gasteiger partial charge in [-0.25, -0.2) is 0 Å². The van der Waals surface area contributed by atoms with Gasteiger partial charge >= 0.3 is 0 Å². The van der Waals surface area contributed by atoms with Crippen molar-refractivity contribution in [2.24, 2.45) is 0 Å². The van der Waals surface area contributed by atoms with Gasteiger partial charge in [-0.1, -0.05) is 37.2 Å². The molecule has 0 unspecified atom stereocenters. The van der Waals surface area contributed by atoms with E-state index in [-0.39, 0.29) is 5.91 Å². The van der Waals surface area contributed by atoms with Crippen LogP contribution in [-0.4, -0.2) is 36.5 Å². The summed E-state index contributed by atoms with van der Waals surface area (Å²) >= 11 is 6.33. The summed E-state index contributed by atoms with van der Waals surface area (Å²) in [6.45, 7) is 9.61. The third-order valence-corrected chi connectivity index (χ3v) is 5.84. The van der Waals surface area contributed by atoms with Gasteiger partial charge in [0.15, 0.2) is 0 Å². The number of benzene rings is 2. The molecule has 2 heterocycles. The minimum Gasteiger partial charge on any atom is -0.382 e. The Morgan fingerprint density at radius 1 is 1.15 bits per heavy atom. The van der Waals surface area contributed by atoms with E-state index in [2.05, 4.69) is 23.7 Å². The molecular formula is C22H24ClN3O. The first-order valence-corrected chi connectivity index (χ1v) is 9.87. The van der Waals surface area contributed by atoms with E-state index < -0.39 is 0 Å². The molecule has 4 nitrogen and oxygen atoms in total. The maximum absolute atomic E-state index is 12.8. The maximum Gasteiger partial charge on any atom is 0.262 e. The highest BCUT2D eigenvalue weighted by Crippen LogP contribution is 2.44. The number of nitrogens with one attached hydrogen (secondary N) is 1. The summed E-state index contributed by atoms with van der Waals surface area (Å²) < 4.78 is 0. The van der Waals surface area contributed by atoms with Crippen molar-refractivity contribution in [3.63, 3.8) is 0 Å². The molecule has 1 fully saturated rings. The van der Waals surface area contributed by atoms with Gasteiger partial charge in [0.05, 0.1) is 16.4 Å². The van der Waals surface area contributed by atoms with Crippen molar-refractivity contribution in [2.45, 2.75) is 25.8 Å². The van der Waals surface area contributed by atoms with Gasteiger partial charge in [-0.2, -0.15) is 0 Å². The molecule has 2 aliphatic rings. The van der Waals surface area contributed by atoms with Crippen molar-refractivity contribution < 1.29 is 4.79 Å². The Labute approximate surface area is 165 Å². The molecule has 1 saturated heterocycles. The number of amides is 1. The molecule has 0 radical (unpaired) electrons. The molecule has 0 spiro atoms. The van der Waals surface area contributed by atoms with Crippen molar-refractivity contribution >= 4 is 40.1 Å². The number of hydrogen-bond acceptors (Lipinski definition) is 3. The van der Waals surface area contributed by atoms with E-state index in [1.54, 1.807) is 11.0 Å². The minimum atomic E-state index is -0.119. The lowest BCUT2D eigenvalue weighted by Gasteiger charge is -2.32. The third-order valence-electron chi connectivity index (χ3n) is 5.52. The SMILES string of the molecule is C=C1C(=O)N(c2ccccc2Cl)c2ccc(NC3CCN(CC)CC3)cc21. The number of likely N-dealkylation sites (tertiary alicyclic amines) is 1. The number of carbonyl (C=O) groups is 1. The van der Waals surface area contributed by atoms with Crippen LogP contribution in [-0.2, 0) is 4.79 Å². The molecule has 140 valence electrons. The fraction of sp³-hybridized carbons (Fsp3) is 0.318. The number of carbonyl (C=O) groups excluding carboxylic acids is 1. The second-order valence-electron chi connectivity index (χ2n) is 7.16. The van der Waals surface area contributed by atoms with Gasteiger partial charge in [0.2, 0.25) is 0 Å². The molecule has 2 aromatic carbocycles. The van der Waals surface area contributed by atoms with Crippen LogP contribution in [0.15, 0.2) is 49.0 Å². The van der Waals surface area contributed by atoms with Crippen LogP contribution in [0.4, 0.5) is 17.1 Å². The Hall–Kier alpha value is -2.30. The van der Waals surface area contributed by atoms with E-state index in [1.807, 2.05) is 36.4 Å². The largest absolute Gasteiger partial charge is 0.382 e. The number of nitrogens with zero attached hydrogens (tertiary/aromatic N) is 2. The maximum atomic E-state index is 12.8. The van der Waals surface area contributed by atoms with E-state index >= 15 is 0 Å². The van der Waals surface area contributed by atoms with Crippen molar-refractivity contribution in [1.29, 1.82) is 0 Å². The Morgan fingerprint density at radius 2 is 1.89 bits per heavy atom. The number of rotatable bonds is 4. The molecule has 1 N–H and O–H groups in total. The second-order valence-corrected chi connectivity index (χ2v) is 7.56. The number of halogens is 1. The molecule has 0 bridgehead atoms. The van der Waals surface area contributed by atoms with Crippen LogP contribution in [0, 0.1) is 0 Å². The zero-order valence-corrected chi connectivity index (χ0v) is 16.3. The van der Waals surface area contributed by atoms with Crippen molar-refractivity contribution in [3.8, 4) is 0 Å². The third kappa shape index (κ3) is 3.35. The molecule has 2 aromatic rings. The van der Waals surface area contributed by atoms with Gasteiger partial charge in [-0.15, -0.1) is 0 Å². The first kappa shape index (κ1) is 18.1. The standard InChI is InChI=1S/C22H24ClN3O/c1-3-25-12-10-16(11-13-25)24-17-8-9-20-18(14-17)15(2)22(27)26(20)21-7-5-4-6-19(21)23/h4-9,14,16,24H,2-3,10-13H2,1H3. The van der Waals surface area contributed by atoms with Crippen LogP contribution in [0.25, 0.3) is 5.57 Å². The summed E-state index contributed by atoms with van der Waals surface area (Å²) in [5.41, 5.74) is 3.95. The zero-order chi connectivity index (χ0) is 19.0. The van der Waals surface area contributed by atoms with Gasteiger partial charge in [0.1, 0.15) is 0 Å². The van der Waals surface area contributed by atoms with E-state index in [1.165, 1.54) is 0 Å². The van der Waals surface area contributed by atoms with E-state index in [0.717, 1.165) is 49.4 Å². The highest BCUT2D eigenvalue weighted by atomic mass is 35.5. The Balaban J connectivity index is 1.58. The molecule has 2 aliphatic heterocycles. The van der Waals surface area contributed by atoms with E-state index in [4.69, 9.17) is 11.6 Å². The molecule has 0 saturated carbocycles. The molecule has 4 rings (SSSR count). The highest BCUT2D eigenvalue weighted by molar-refractivity contribution is 6.39. The van der Waals surface area contributed by atoms with Gasteiger partial charge in [0, 0.05) is 36.0 Å². The van der Waals surface area contributed by atoms with Crippen LogP contribution in [0.1, 0.15) is 25.3 Å². The minimum absolute atomic E-state index is 0.119. The summed E-state index contributed by atoms with van der Waals surface area (Å²) in [4.78, 5) is 17.0.